The number of furan rings is 1. The minimum Gasteiger partial charge on any atom is -0.463 e. The monoisotopic (exact) mass is 360 g/mol. The van der Waals surface area contributed by atoms with Gasteiger partial charge in [-0.15, -0.1) is 0 Å². The van der Waals surface area contributed by atoms with Crippen LogP contribution in [0.1, 0.15) is 29.7 Å². The summed E-state index contributed by atoms with van der Waals surface area (Å²) < 4.78 is 5.73. The maximum atomic E-state index is 5.73. The summed E-state index contributed by atoms with van der Waals surface area (Å²) in [5.74, 6) is 1.71. The van der Waals surface area contributed by atoms with Crippen LogP contribution in [0.15, 0.2) is 53.1 Å². The van der Waals surface area contributed by atoms with Gasteiger partial charge in [0.1, 0.15) is 5.69 Å². The molecule has 5 heteroatoms. The van der Waals surface area contributed by atoms with E-state index in [-0.39, 0.29) is 0 Å². The fourth-order valence-corrected chi connectivity index (χ4v) is 4.11. The minimum atomic E-state index is 0.843. The highest BCUT2D eigenvalue weighted by Gasteiger charge is 2.26. The van der Waals surface area contributed by atoms with Gasteiger partial charge in [0, 0.05) is 44.7 Å². The number of anilines is 1. The molecule has 0 unspecified atom stereocenters. The maximum Gasteiger partial charge on any atom is 0.226 e. The lowest BCUT2D eigenvalue weighted by molar-refractivity contribution is 0.243. The molecule has 2 aliphatic rings. The van der Waals surface area contributed by atoms with E-state index in [0.29, 0.717) is 0 Å². The Morgan fingerprint density at radius 1 is 0.926 bits per heavy atom. The van der Waals surface area contributed by atoms with Crippen LogP contribution in [0.5, 0.6) is 0 Å². The number of hydrogen-bond acceptors (Lipinski definition) is 5. The first-order valence-electron chi connectivity index (χ1n) is 9.82. The molecular weight excluding hydrogens is 336 g/mol. The zero-order valence-corrected chi connectivity index (χ0v) is 15.5. The van der Waals surface area contributed by atoms with E-state index in [1.807, 2.05) is 12.1 Å². The smallest absolute Gasteiger partial charge is 0.226 e. The topological polar surface area (TPSA) is 45.4 Å². The number of fused-ring (bicyclic) bond motifs is 1. The van der Waals surface area contributed by atoms with Crippen molar-refractivity contribution in [3.63, 3.8) is 0 Å². The molecule has 2 aromatic heterocycles. The highest BCUT2D eigenvalue weighted by Crippen LogP contribution is 2.31. The molecule has 5 nitrogen and oxygen atoms in total. The summed E-state index contributed by atoms with van der Waals surface area (Å²) in [6.45, 7) is 4.94. The number of hydrogen-bond donors (Lipinski definition) is 0. The molecule has 3 aromatic rings. The van der Waals surface area contributed by atoms with Crippen molar-refractivity contribution in [1.29, 1.82) is 0 Å². The molecule has 5 rings (SSSR count). The number of nitrogens with zero attached hydrogens (tertiary/aromatic N) is 4. The van der Waals surface area contributed by atoms with Crippen molar-refractivity contribution >= 4 is 5.95 Å². The summed E-state index contributed by atoms with van der Waals surface area (Å²) in [5.41, 5.74) is 4.71. The van der Waals surface area contributed by atoms with E-state index in [0.717, 1.165) is 56.5 Å². The van der Waals surface area contributed by atoms with Crippen molar-refractivity contribution in [2.45, 2.75) is 32.4 Å². The first-order chi connectivity index (χ1) is 13.4. The van der Waals surface area contributed by atoms with Gasteiger partial charge in [0.05, 0.1) is 12.0 Å². The molecule has 0 N–H and O–H groups in total. The largest absolute Gasteiger partial charge is 0.463 e. The van der Waals surface area contributed by atoms with Crippen LogP contribution in [0.2, 0.25) is 0 Å². The highest BCUT2D eigenvalue weighted by molar-refractivity contribution is 5.61. The lowest BCUT2D eigenvalue weighted by atomic mass is 10.0. The van der Waals surface area contributed by atoms with Crippen LogP contribution in [0, 0.1) is 0 Å². The zero-order chi connectivity index (χ0) is 18.1. The first-order valence-corrected chi connectivity index (χ1v) is 9.82. The summed E-state index contributed by atoms with van der Waals surface area (Å²) in [4.78, 5) is 14.7. The molecule has 0 spiro atoms. The molecule has 0 aliphatic carbocycles. The third kappa shape index (κ3) is 3.35. The van der Waals surface area contributed by atoms with Crippen LogP contribution in [0.3, 0.4) is 0 Å². The van der Waals surface area contributed by atoms with Crippen molar-refractivity contribution < 1.29 is 4.42 Å². The molecule has 2 aliphatic heterocycles. The van der Waals surface area contributed by atoms with Gasteiger partial charge in [-0.25, -0.2) is 9.97 Å². The third-order valence-electron chi connectivity index (χ3n) is 5.52. The molecule has 0 bridgehead atoms. The van der Waals surface area contributed by atoms with Crippen molar-refractivity contribution in [2.24, 2.45) is 0 Å². The van der Waals surface area contributed by atoms with Crippen LogP contribution in [-0.4, -0.2) is 34.5 Å². The van der Waals surface area contributed by atoms with E-state index in [9.17, 15) is 0 Å². The fourth-order valence-electron chi connectivity index (χ4n) is 4.11. The van der Waals surface area contributed by atoms with Crippen LogP contribution >= 0.6 is 0 Å². The van der Waals surface area contributed by atoms with E-state index in [1.165, 1.54) is 29.7 Å². The molecule has 4 heterocycles. The number of rotatable bonds is 4. The summed E-state index contributed by atoms with van der Waals surface area (Å²) >= 11 is 0. The van der Waals surface area contributed by atoms with Crippen molar-refractivity contribution in [2.75, 3.05) is 24.5 Å². The SMILES string of the molecule is c1ccc(CN2CCc3nc(N4CCCC4)nc(-c4ccco4)c3C2)cc1. The van der Waals surface area contributed by atoms with Crippen molar-refractivity contribution in [1.82, 2.24) is 14.9 Å². The van der Waals surface area contributed by atoms with Crippen molar-refractivity contribution in [3.8, 4) is 11.5 Å². The minimum absolute atomic E-state index is 0.843. The predicted molar refractivity (Wildman–Crippen MR) is 105 cm³/mol. The second-order valence-corrected chi connectivity index (χ2v) is 7.42. The number of aromatic nitrogens is 2. The second-order valence-electron chi connectivity index (χ2n) is 7.42. The van der Waals surface area contributed by atoms with Gasteiger partial charge in [0.25, 0.3) is 0 Å². The molecule has 1 fully saturated rings. The molecule has 0 radical (unpaired) electrons. The molecule has 1 saturated heterocycles. The molecule has 1 aromatic carbocycles. The highest BCUT2D eigenvalue weighted by atomic mass is 16.3. The quantitative estimate of drug-likeness (QED) is 0.706. The van der Waals surface area contributed by atoms with Gasteiger partial charge < -0.3 is 9.32 Å². The Morgan fingerprint density at radius 3 is 2.56 bits per heavy atom. The van der Waals surface area contributed by atoms with Gasteiger partial charge in [0.2, 0.25) is 5.95 Å². The summed E-state index contributed by atoms with van der Waals surface area (Å²) in [5, 5.41) is 0. The average molecular weight is 360 g/mol. The van der Waals surface area contributed by atoms with Gasteiger partial charge in [-0.1, -0.05) is 30.3 Å². The molecule has 0 saturated carbocycles. The Labute approximate surface area is 159 Å². The van der Waals surface area contributed by atoms with Crippen LogP contribution in [0.4, 0.5) is 5.95 Å². The van der Waals surface area contributed by atoms with Gasteiger partial charge in [-0.3, -0.25) is 4.90 Å². The zero-order valence-electron chi connectivity index (χ0n) is 15.5. The van der Waals surface area contributed by atoms with Gasteiger partial charge in [-0.2, -0.15) is 0 Å². The molecule has 0 atom stereocenters. The van der Waals surface area contributed by atoms with Crippen molar-refractivity contribution in [3.05, 3.63) is 65.5 Å². The Bertz CT molecular complexity index is 902. The van der Waals surface area contributed by atoms with E-state index in [4.69, 9.17) is 14.4 Å². The second kappa shape index (κ2) is 7.16. The van der Waals surface area contributed by atoms with E-state index >= 15 is 0 Å². The van der Waals surface area contributed by atoms with E-state index in [1.54, 1.807) is 6.26 Å². The summed E-state index contributed by atoms with van der Waals surface area (Å²) in [6, 6.07) is 14.6. The van der Waals surface area contributed by atoms with Gasteiger partial charge in [0.15, 0.2) is 5.76 Å². The predicted octanol–water partition coefficient (Wildman–Crippen LogP) is 3.90. The summed E-state index contributed by atoms with van der Waals surface area (Å²) in [6.07, 6.45) is 5.13. The van der Waals surface area contributed by atoms with E-state index in [2.05, 4.69) is 40.1 Å². The average Bonchev–Trinajstić information content (AvgIpc) is 3.42. The lowest BCUT2D eigenvalue weighted by Gasteiger charge is -2.30. The normalized spacial score (nSPS) is 17.3. The standard InChI is InChI=1S/C22H24N4O/c1-2-7-17(8-3-1)15-25-13-10-19-18(16-25)21(20-9-6-14-27-20)24-22(23-19)26-11-4-5-12-26/h1-3,6-9,14H,4-5,10-13,15-16H2. The lowest BCUT2D eigenvalue weighted by Crippen LogP contribution is -2.32. The first kappa shape index (κ1) is 16.5. The van der Waals surface area contributed by atoms with Crippen LogP contribution < -0.4 is 4.90 Å². The Balaban J connectivity index is 1.49. The fraction of sp³-hybridized carbons (Fsp3) is 0.364. The van der Waals surface area contributed by atoms with E-state index < -0.39 is 0 Å². The maximum absolute atomic E-state index is 5.73. The molecule has 0 amide bonds. The molecular formula is C22H24N4O. The van der Waals surface area contributed by atoms with Gasteiger partial charge in [-0.05, 0) is 30.5 Å². The summed E-state index contributed by atoms with van der Waals surface area (Å²) in [7, 11) is 0. The number of benzene rings is 1. The molecule has 138 valence electrons. The van der Waals surface area contributed by atoms with Crippen LogP contribution in [-0.2, 0) is 19.5 Å². The Kier molecular flexibility index (Phi) is 4.38. The molecule has 27 heavy (non-hydrogen) atoms. The third-order valence-corrected chi connectivity index (χ3v) is 5.52. The Morgan fingerprint density at radius 2 is 1.78 bits per heavy atom. The van der Waals surface area contributed by atoms with Crippen LogP contribution in [0.25, 0.3) is 11.5 Å². The van der Waals surface area contributed by atoms with Gasteiger partial charge >= 0.3 is 0 Å². The Hall–Kier alpha value is -2.66.